The van der Waals surface area contributed by atoms with Gasteiger partial charge in [0.2, 0.25) is 5.16 Å². The molecule has 1 amide bonds. The number of hydrogen-bond donors (Lipinski definition) is 1. The summed E-state index contributed by atoms with van der Waals surface area (Å²) in [5.41, 5.74) is 4.93. The first-order valence-corrected chi connectivity index (χ1v) is 12.6. The molecule has 0 bridgehead atoms. The highest BCUT2D eigenvalue weighted by Gasteiger charge is 2.28. The van der Waals surface area contributed by atoms with Crippen LogP contribution in [0.25, 0.3) is 17.2 Å². The molecule has 10 nitrogen and oxygen atoms in total. The quantitative estimate of drug-likeness (QED) is 0.331. The molecule has 2 aromatic carbocycles. The molecule has 36 heavy (non-hydrogen) atoms. The van der Waals surface area contributed by atoms with E-state index in [4.69, 9.17) is 0 Å². The van der Waals surface area contributed by atoms with Gasteiger partial charge in [-0.15, -0.1) is 10.2 Å². The van der Waals surface area contributed by atoms with Crippen molar-refractivity contribution in [1.82, 2.24) is 39.8 Å². The van der Waals surface area contributed by atoms with Gasteiger partial charge in [-0.2, -0.15) is 4.98 Å². The molecule has 5 aromatic rings. The molecule has 11 heteroatoms. The van der Waals surface area contributed by atoms with Crippen LogP contribution in [-0.4, -0.2) is 45.7 Å². The van der Waals surface area contributed by atoms with E-state index in [9.17, 15) is 4.79 Å². The maximum absolute atomic E-state index is 13.2. The Morgan fingerprint density at radius 2 is 1.94 bits per heavy atom. The Morgan fingerprint density at radius 3 is 2.81 bits per heavy atom. The lowest BCUT2D eigenvalue weighted by Gasteiger charge is -2.11. The zero-order valence-electron chi connectivity index (χ0n) is 19.8. The highest BCUT2D eigenvalue weighted by atomic mass is 32.2. The summed E-state index contributed by atoms with van der Waals surface area (Å²) in [6, 6.07) is 17.5. The molecule has 0 saturated heterocycles. The number of carbonyl (C=O) groups excluding carboxylic acids is 1. The summed E-state index contributed by atoms with van der Waals surface area (Å²) < 4.78 is 3.60. The second-order valence-electron chi connectivity index (χ2n) is 8.80. The Morgan fingerprint density at radius 1 is 1.08 bits per heavy atom. The predicted octanol–water partition coefficient (Wildman–Crippen LogP) is 4.27. The van der Waals surface area contributed by atoms with Crippen LogP contribution in [0.4, 0.5) is 5.69 Å². The lowest BCUT2D eigenvalue weighted by Crippen LogP contribution is -2.14. The second kappa shape index (κ2) is 9.15. The highest BCUT2D eigenvalue weighted by Crippen LogP contribution is 2.36. The number of tetrazole rings is 1. The largest absolute Gasteiger partial charge is 0.322 e. The molecule has 1 aliphatic carbocycles. The Kier molecular flexibility index (Phi) is 5.68. The fourth-order valence-electron chi connectivity index (χ4n) is 4.10. The van der Waals surface area contributed by atoms with E-state index in [2.05, 4.69) is 35.9 Å². The lowest BCUT2D eigenvalue weighted by atomic mass is 10.1. The fourth-order valence-corrected chi connectivity index (χ4v) is 4.92. The zero-order valence-corrected chi connectivity index (χ0v) is 20.6. The van der Waals surface area contributed by atoms with Crippen LogP contribution in [0.3, 0.4) is 0 Å². The molecule has 1 aliphatic rings. The summed E-state index contributed by atoms with van der Waals surface area (Å²) >= 11 is 1.47. The van der Waals surface area contributed by atoms with E-state index in [1.807, 2.05) is 73.1 Å². The number of rotatable bonds is 7. The molecule has 1 N–H and O–H groups in total. The second-order valence-corrected chi connectivity index (χ2v) is 9.75. The van der Waals surface area contributed by atoms with E-state index >= 15 is 0 Å². The first kappa shape index (κ1) is 22.4. The number of fused-ring (bicyclic) bond motifs is 1. The molecule has 0 atom stereocenters. The Balaban J connectivity index is 1.19. The maximum atomic E-state index is 13.2. The van der Waals surface area contributed by atoms with Gasteiger partial charge in [-0.25, -0.2) is 14.2 Å². The highest BCUT2D eigenvalue weighted by molar-refractivity contribution is 7.98. The molecule has 0 radical (unpaired) electrons. The Hall–Kier alpha value is -4.12. The number of thioether (sulfide) groups is 1. The molecule has 6 rings (SSSR count). The van der Waals surface area contributed by atoms with Gasteiger partial charge in [-0.3, -0.25) is 4.79 Å². The topological polar surface area (TPSA) is 116 Å². The van der Waals surface area contributed by atoms with Crippen LogP contribution in [0.5, 0.6) is 0 Å². The van der Waals surface area contributed by atoms with Crippen molar-refractivity contribution in [3.63, 3.8) is 0 Å². The molecule has 3 aromatic heterocycles. The molecular formula is C25H23N9OS. The number of amides is 1. The van der Waals surface area contributed by atoms with Gasteiger partial charge in [0.05, 0.1) is 6.04 Å². The van der Waals surface area contributed by atoms with Gasteiger partial charge in [-0.1, -0.05) is 42.1 Å². The average Bonchev–Trinajstić information content (AvgIpc) is 3.44. The molecule has 1 fully saturated rings. The van der Waals surface area contributed by atoms with Crippen LogP contribution in [0.2, 0.25) is 0 Å². The predicted molar refractivity (Wildman–Crippen MR) is 136 cm³/mol. The van der Waals surface area contributed by atoms with Crippen LogP contribution in [0.1, 0.15) is 46.2 Å². The summed E-state index contributed by atoms with van der Waals surface area (Å²) in [7, 11) is 0. The lowest BCUT2D eigenvalue weighted by molar-refractivity contribution is 0.102. The summed E-state index contributed by atoms with van der Waals surface area (Å²) in [5, 5.41) is 20.3. The minimum atomic E-state index is -0.179. The molecule has 3 heterocycles. The van der Waals surface area contributed by atoms with E-state index in [1.165, 1.54) is 11.8 Å². The zero-order chi connectivity index (χ0) is 24.6. The van der Waals surface area contributed by atoms with Gasteiger partial charge in [0.1, 0.15) is 0 Å². The van der Waals surface area contributed by atoms with Crippen molar-refractivity contribution in [2.75, 3.05) is 5.32 Å². The SMILES string of the molecule is Cc1cc(C)n2nc(SCc3ccccc3C(=O)Nc3cccc(-c4nnnn4C4CC4)c3)nc2n1. The van der Waals surface area contributed by atoms with Gasteiger partial charge in [0.15, 0.2) is 5.82 Å². The van der Waals surface area contributed by atoms with Crippen LogP contribution in [-0.2, 0) is 5.75 Å². The van der Waals surface area contributed by atoms with Crippen LogP contribution >= 0.6 is 11.8 Å². The van der Waals surface area contributed by atoms with E-state index in [-0.39, 0.29) is 5.91 Å². The number of aryl methyl sites for hydroxylation is 2. The van der Waals surface area contributed by atoms with Crippen LogP contribution in [0, 0.1) is 13.8 Å². The smallest absolute Gasteiger partial charge is 0.255 e. The van der Waals surface area contributed by atoms with E-state index in [0.717, 1.165) is 35.4 Å². The molecular weight excluding hydrogens is 474 g/mol. The van der Waals surface area contributed by atoms with Crippen LogP contribution in [0.15, 0.2) is 59.8 Å². The number of hydrogen-bond acceptors (Lipinski definition) is 8. The van der Waals surface area contributed by atoms with Crippen molar-refractivity contribution in [3.05, 3.63) is 77.1 Å². The van der Waals surface area contributed by atoms with Crippen molar-refractivity contribution in [1.29, 1.82) is 0 Å². The summed E-state index contributed by atoms with van der Waals surface area (Å²) in [6.45, 7) is 3.92. The van der Waals surface area contributed by atoms with E-state index in [1.54, 1.807) is 4.52 Å². The number of aromatic nitrogens is 8. The van der Waals surface area contributed by atoms with Crippen molar-refractivity contribution in [2.24, 2.45) is 0 Å². The van der Waals surface area contributed by atoms with Crippen molar-refractivity contribution >= 4 is 29.1 Å². The van der Waals surface area contributed by atoms with Gasteiger partial charge >= 0.3 is 0 Å². The minimum Gasteiger partial charge on any atom is -0.322 e. The Labute approximate surface area is 211 Å². The van der Waals surface area contributed by atoms with Gasteiger partial charge in [0.25, 0.3) is 11.7 Å². The molecule has 0 unspecified atom stereocenters. The first-order chi connectivity index (χ1) is 17.5. The fraction of sp³-hybridized carbons (Fsp3) is 0.240. The molecule has 0 spiro atoms. The molecule has 180 valence electrons. The van der Waals surface area contributed by atoms with Crippen molar-refractivity contribution in [3.8, 4) is 11.4 Å². The third-order valence-corrected chi connectivity index (χ3v) is 6.87. The van der Waals surface area contributed by atoms with Crippen molar-refractivity contribution < 1.29 is 4.79 Å². The Bertz CT molecular complexity index is 1590. The number of anilines is 1. The average molecular weight is 498 g/mol. The van der Waals surface area contributed by atoms with E-state index < -0.39 is 0 Å². The summed E-state index contributed by atoms with van der Waals surface area (Å²) in [4.78, 5) is 22.2. The number of nitrogens with one attached hydrogen (secondary N) is 1. The van der Waals surface area contributed by atoms with Crippen molar-refractivity contribution in [2.45, 2.75) is 43.6 Å². The van der Waals surface area contributed by atoms with Gasteiger partial charge < -0.3 is 5.32 Å². The number of benzene rings is 2. The van der Waals surface area contributed by atoms with E-state index in [0.29, 0.717) is 39.8 Å². The minimum absolute atomic E-state index is 0.179. The summed E-state index contributed by atoms with van der Waals surface area (Å²) in [6.07, 6.45) is 2.17. The monoisotopic (exact) mass is 497 g/mol. The standard InChI is InChI=1S/C25H23N9OS/c1-15-12-16(2)33-24(26-15)28-25(30-33)36-14-18-6-3-4-9-21(18)23(35)27-19-8-5-7-17(13-19)22-29-31-32-34(22)20-10-11-20/h3-9,12-13,20H,10-11,14H2,1-2H3,(H,27,35). The number of carbonyl (C=O) groups is 1. The van der Waals surface area contributed by atoms with Gasteiger partial charge in [-0.05, 0) is 66.9 Å². The number of nitrogens with zero attached hydrogens (tertiary/aromatic N) is 8. The molecule has 1 saturated carbocycles. The normalized spacial score (nSPS) is 13.3. The summed E-state index contributed by atoms with van der Waals surface area (Å²) in [5.74, 6) is 1.66. The third kappa shape index (κ3) is 4.44. The first-order valence-electron chi connectivity index (χ1n) is 11.7. The van der Waals surface area contributed by atoms with Gasteiger partial charge in [0, 0.05) is 34.0 Å². The van der Waals surface area contributed by atoms with Crippen LogP contribution < -0.4 is 5.32 Å². The maximum Gasteiger partial charge on any atom is 0.255 e. The molecule has 0 aliphatic heterocycles. The third-order valence-electron chi connectivity index (χ3n) is 5.98.